The Balaban J connectivity index is 2.20. The maximum absolute atomic E-state index is 10.7. The van der Waals surface area contributed by atoms with E-state index in [1.54, 1.807) is 19.2 Å². The van der Waals surface area contributed by atoms with Gasteiger partial charge in [0.05, 0.1) is 17.9 Å². The molecule has 0 bridgehead atoms. The molecule has 4 nitrogen and oxygen atoms in total. The van der Waals surface area contributed by atoms with E-state index in [9.17, 15) is 10.1 Å². The molecule has 0 radical (unpaired) electrons. The number of nitrogens with zero attached hydrogens (tertiary/aromatic N) is 2. The molecule has 0 amide bonds. The average molecular weight is 256 g/mol. The smallest absolute Gasteiger partial charge is 0.150 e. The number of carbonyl (C=O) groups excluding carboxylic acids is 1. The third kappa shape index (κ3) is 3.01. The lowest BCUT2D eigenvalue weighted by Gasteiger charge is -2.29. The lowest BCUT2D eigenvalue weighted by Crippen LogP contribution is -2.29. The predicted molar refractivity (Wildman–Crippen MR) is 73.3 cm³/mol. The molecule has 1 aromatic rings. The second kappa shape index (κ2) is 6.17. The number of benzene rings is 1. The van der Waals surface area contributed by atoms with Gasteiger partial charge in [0.1, 0.15) is 12.4 Å². The van der Waals surface area contributed by atoms with E-state index in [1.165, 1.54) is 5.57 Å². The van der Waals surface area contributed by atoms with Gasteiger partial charge >= 0.3 is 0 Å². The fourth-order valence-electron chi connectivity index (χ4n) is 2.24. The van der Waals surface area contributed by atoms with E-state index in [1.807, 2.05) is 6.07 Å². The van der Waals surface area contributed by atoms with Crippen LogP contribution < -0.4 is 4.90 Å². The summed E-state index contributed by atoms with van der Waals surface area (Å²) in [4.78, 5) is 12.9. The number of carbonyl (C=O) groups is 1. The minimum atomic E-state index is 0.535. The third-order valence-electron chi connectivity index (χ3n) is 3.25. The van der Waals surface area contributed by atoms with Crippen molar-refractivity contribution >= 4 is 12.0 Å². The van der Waals surface area contributed by atoms with Gasteiger partial charge in [0, 0.05) is 25.8 Å². The first-order chi connectivity index (χ1) is 9.28. The molecule has 19 heavy (non-hydrogen) atoms. The number of hydrogen-bond donors (Lipinski definition) is 0. The summed E-state index contributed by atoms with van der Waals surface area (Å²) in [5, 5.41) is 9.18. The Labute approximate surface area is 112 Å². The summed E-state index contributed by atoms with van der Waals surface area (Å²) in [6.07, 6.45) is 3.84. The van der Waals surface area contributed by atoms with Gasteiger partial charge in [-0.3, -0.25) is 4.79 Å². The van der Waals surface area contributed by atoms with Crippen LogP contribution in [0.4, 0.5) is 5.69 Å². The Morgan fingerprint density at radius 1 is 1.53 bits per heavy atom. The zero-order valence-corrected chi connectivity index (χ0v) is 10.9. The van der Waals surface area contributed by atoms with Crippen molar-refractivity contribution in [1.82, 2.24) is 0 Å². The molecule has 1 aromatic carbocycles. The number of methoxy groups -OCH3 is 1. The molecule has 0 aliphatic carbocycles. The fourth-order valence-corrected chi connectivity index (χ4v) is 2.24. The highest BCUT2D eigenvalue weighted by atomic mass is 16.5. The van der Waals surface area contributed by atoms with Crippen LogP contribution in [-0.2, 0) is 4.74 Å². The SMILES string of the molecule is COCC1=CCN(c2ccc(C=O)cc2C#N)CC1. The first kappa shape index (κ1) is 13.3. The van der Waals surface area contributed by atoms with Gasteiger partial charge in [0.15, 0.2) is 0 Å². The number of anilines is 1. The molecule has 0 fully saturated rings. The molecule has 4 heteroatoms. The third-order valence-corrected chi connectivity index (χ3v) is 3.25. The predicted octanol–water partition coefficient (Wildman–Crippen LogP) is 2.15. The van der Waals surface area contributed by atoms with Crippen LogP contribution in [0.25, 0.3) is 0 Å². The van der Waals surface area contributed by atoms with Gasteiger partial charge in [-0.2, -0.15) is 5.26 Å². The summed E-state index contributed by atoms with van der Waals surface area (Å²) in [5.41, 5.74) is 3.27. The summed E-state index contributed by atoms with van der Waals surface area (Å²) in [5.74, 6) is 0. The number of ether oxygens (including phenoxy) is 1. The number of hydrogen-bond acceptors (Lipinski definition) is 4. The summed E-state index contributed by atoms with van der Waals surface area (Å²) in [6, 6.07) is 7.39. The Hall–Kier alpha value is -2.12. The van der Waals surface area contributed by atoms with Crippen molar-refractivity contribution in [2.75, 3.05) is 31.7 Å². The van der Waals surface area contributed by atoms with Crippen LogP contribution in [0.5, 0.6) is 0 Å². The van der Waals surface area contributed by atoms with E-state index in [0.717, 1.165) is 31.5 Å². The van der Waals surface area contributed by atoms with E-state index < -0.39 is 0 Å². The summed E-state index contributed by atoms with van der Waals surface area (Å²) < 4.78 is 5.12. The highest BCUT2D eigenvalue weighted by Crippen LogP contribution is 2.24. The Bertz CT molecular complexity index is 544. The molecule has 2 rings (SSSR count). The fraction of sp³-hybridized carbons (Fsp3) is 0.333. The van der Waals surface area contributed by atoms with Crippen molar-refractivity contribution in [2.24, 2.45) is 0 Å². The van der Waals surface area contributed by atoms with Gasteiger partial charge in [0.2, 0.25) is 0 Å². The van der Waals surface area contributed by atoms with E-state index in [0.29, 0.717) is 17.7 Å². The molecule has 0 saturated carbocycles. The van der Waals surface area contributed by atoms with Crippen LogP contribution in [-0.4, -0.2) is 33.1 Å². The minimum absolute atomic E-state index is 0.535. The number of nitriles is 1. The van der Waals surface area contributed by atoms with Crippen LogP contribution in [0.15, 0.2) is 29.8 Å². The van der Waals surface area contributed by atoms with E-state index in [4.69, 9.17) is 4.74 Å². The Kier molecular flexibility index (Phi) is 4.32. The molecule has 0 spiro atoms. The molecule has 0 atom stereocenters. The standard InChI is InChI=1S/C15H16N2O2/c1-19-11-12-4-6-17(7-5-12)15-3-2-13(10-18)8-14(15)9-16/h2-4,8,10H,5-7,11H2,1H3. The summed E-state index contributed by atoms with van der Waals surface area (Å²) in [6.45, 7) is 2.31. The van der Waals surface area contributed by atoms with Crippen molar-refractivity contribution in [2.45, 2.75) is 6.42 Å². The van der Waals surface area contributed by atoms with Gasteiger partial charge in [-0.1, -0.05) is 6.08 Å². The quantitative estimate of drug-likeness (QED) is 0.612. The van der Waals surface area contributed by atoms with Crippen LogP contribution in [0.2, 0.25) is 0 Å². The zero-order valence-electron chi connectivity index (χ0n) is 10.9. The van der Waals surface area contributed by atoms with Gasteiger partial charge in [-0.05, 0) is 30.2 Å². The van der Waals surface area contributed by atoms with Crippen molar-refractivity contribution in [3.8, 4) is 6.07 Å². The largest absolute Gasteiger partial charge is 0.380 e. The monoisotopic (exact) mass is 256 g/mol. The van der Waals surface area contributed by atoms with Crippen molar-refractivity contribution in [3.63, 3.8) is 0 Å². The van der Waals surface area contributed by atoms with E-state index in [-0.39, 0.29) is 0 Å². The molecule has 1 aliphatic heterocycles. The van der Waals surface area contributed by atoms with Crippen LogP contribution in [0.1, 0.15) is 22.3 Å². The van der Waals surface area contributed by atoms with Gasteiger partial charge in [0.25, 0.3) is 0 Å². The van der Waals surface area contributed by atoms with Crippen LogP contribution in [0.3, 0.4) is 0 Å². The topological polar surface area (TPSA) is 53.3 Å². The minimum Gasteiger partial charge on any atom is -0.380 e. The normalized spacial score (nSPS) is 14.7. The van der Waals surface area contributed by atoms with Crippen LogP contribution in [0, 0.1) is 11.3 Å². The first-order valence-corrected chi connectivity index (χ1v) is 6.19. The summed E-state index contributed by atoms with van der Waals surface area (Å²) in [7, 11) is 1.69. The number of aldehydes is 1. The first-order valence-electron chi connectivity index (χ1n) is 6.19. The molecule has 1 heterocycles. The molecular weight excluding hydrogens is 240 g/mol. The Morgan fingerprint density at radius 2 is 2.37 bits per heavy atom. The van der Waals surface area contributed by atoms with Crippen molar-refractivity contribution in [1.29, 1.82) is 5.26 Å². The van der Waals surface area contributed by atoms with E-state index >= 15 is 0 Å². The maximum atomic E-state index is 10.7. The molecule has 1 aliphatic rings. The average Bonchev–Trinajstić information content (AvgIpc) is 2.48. The highest BCUT2D eigenvalue weighted by molar-refractivity contribution is 5.78. The van der Waals surface area contributed by atoms with E-state index in [2.05, 4.69) is 17.0 Å². The van der Waals surface area contributed by atoms with Crippen molar-refractivity contribution < 1.29 is 9.53 Å². The Morgan fingerprint density at radius 3 is 2.95 bits per heavy atom. The maximum Gasteiger partial charge on any atom is 0.150 e. The highest BCUT2D eigenvalue weighted by Gasteiger charge is 2.15. The molecule has 0 unspecified atom stereocenters. The lowest BCUT2D eigenvalue weighted by molar-refractivity contribution is 0.112. The summed E-state index contributed by atoms with van der Waals surface area (Å²) >= 11 is 0. The number of rotatable bonds is 4. The second-order valence-electron chi connectivity index (χ2n) is 4.50. The zero-order chi connectivity index (χ0) is 13.7. The molecule has 0 aromatic heterocycles. The molecule has 0 saturated heterocycles. The second-order valence-corrected chi connectivity index (χ2v) is 4.50. The molecule has 98 valence electrons. The lowest BCUT2D eigenvalue weighted by atomic mass is 10.1. The van der Waals surface area contributed by atoms with Crippen LogP contribution >= 0.6 is 0 Å². The molecule has 0 N–H and O–H groups in total. The van der Waals surface area contributed by atoms with Crippen molar-refractivity contribution in [3.05, 3.63) is 41.0 Å². The van der Waals surface area contributed by atoms with Gasteiger partial charge in [-0.15, -0.1) is 0 Å². The van der Waals surface area contributed by atoms with Gasteiger partial charge in [-0.25, -0.2) is 0 Å². The molecular formula is C15H16N2O2. The van der Waals surface area contributed by atoms with Gasteiger partial charge < -0.3 is 9.64 Å².